The second kappa shape index (κ2) is 7.63. The molecule has 3 heterocycles. The van der Waals surface area contributed by atoms with Gasteiger partial charge in [-0.25, -0.2) is 4.68 Å². The van der Waals surface area contributed by atoms with Gasteiger partial charge in [0.25, 0.3) is 0 Å². The van der Waals surface area contributed by atoms with E-state index in [0.29, 0.717) is 11.4 Å². The number of nitrogens with one attached hydrogen (secondary N) is 1. The van der Waals surface area contributed by atoms with E-state index in [9.17, 15) is 4.79 Å². The Balaban J connectivity index is 0.00000182. The first-order valence-electron chi connectivity index (χ1n) is 8.23. The Kier molecular flexibility index (Phi) is 5.31. The average molecular weight is 358 g/mol. The number of hydrogen-bond acceptors (Lipinski definition) is 4. The largest absolute Gasteiger partial charge is 0.315 e. The van der Waals surface area contributed by atoms with Crippen LogP contribution in [-0.2, 0) is 0 Å². The molecule has 1 saturated heterocycles. The number of halogens is 1. The first-order chi connectivity index (χ1) is 11.8. The van der Waals surface area contributed by atoms with E-state index in [4.69, 9.17) is 0 Å². The number of piperidine rings is 1. The summed E-state index contributed by atoms with van der Waals surface area (Å²) in [6, 6.07) is 13.5. The molecule has 1 aliphatic rings. The Morgan fingerprint density at radius 3 is 2.72 bits per heavy atom. The van der Waals surface area contributed by atoms with Crippen molar-refractivity contribution >= 4 is 12.4 Å². The third kappa shape index (κ3) is 3.50. The molecular formula is C18H20ClN5O. The van der Waals surface area contributed by atoms with Crippen molar-refractivity contribution < 1.29 is 0 Å². The maximum absolute atomic E-state index is 12.4. The number of para-hydroxylation sites is 1. The van der Waals surface area contributed by atoms with E-state index in [1.54, 1.807) is 23.1 Å². The molecule has 4 rings (SSSR count). The fourth-order valence-electron chi connectivity index (χ4n) is 3.12. The molecule has 6 nitrogen and oxygen atoms in total. The van der Waals surface area contributed by atoms with Crippen LogP contribution >= 0.6 is 12.4 Å². The highest BCUT2D eigenvalue weighted by Crippen LogP contribution is 2.20. The van der Waals surface area contributed by atoms with E-state index in [1.807, 2.05) is 41.1 Å². The molecule has 1 atom stereocenters. The van der Waals surface area contributed by atoms with E-state index in [0.717, 1.165) is 31.6 Å². The normalized spacial score (nSPS) is 17.0. The van der Waals surface area contributed by atoms with Gasteiger partial charge >= 0.3 is 0 Å². The lowest BCUT2D eigenvalue weighted by atomic mass is 10.1. The van der Waals surface area contributed by atoms with Gasteiger partial charge in [-0.1, -0.05) is 18.2 Å². The maximum atomic E-state index is 12.4. The summed E-state index contributed by atoms with van der Waals surface area (Å²) in [5.41, 5.74) is 1.97. The van der Waals surface area contributed by atoms with Crippen LogP contribution < -0.4 is 10.7 Å². The zero-order valence-corrected chi connectivity index (χ0v) is 14.5. The van der Waals surface area contributed by atoms with E-state index in [2.05, 4.69) is 15.5 Å². The van der Waals surface area contributed by atoms with Crippen molar-refractivity contribution in [2.45, 2.75) is 18.9 Å². The third-order valence-electron chi connectivity index (χ3n) is 4.36. The van der Waals surface area contributed by atoms with Crippen molar-refractivity contribution in [3.05, 3.63) is 65.1 Å². The summed E-state index contributed by atoms with van der Waals surface area (Å²) < 4.78 is 3.67. The number of benzene rings is 1. The van der Waals surface area contributed by atoms with Crippen molar-refractivity contribution in [1.82, 2.24) is 24.9 Å². The highest BCUT2D eigenvalue weighted by molar-refractivity contribution is 5.85. The van der Waals surface area contributed by atoms with Crippen LogP contribution in [0.4, 0.5) is 0 Å². The van der Waals surface area contributed by atoms with Crippen LogP contribution in [0.25, 0.3) is 17.1 Å². The Bertz CT molecular complexity index is 884. The minimum atomic E-state index is -0.0901. The summed E-state index contributed by atoms with van der Waals surface area (Å²) in [4.78, 5) is 12.4. The molecule has 7 heteroatoms. The minimum Gasteiger partial charge on any atom is -0.315 e. The van der Waals surface area contributed by atoms with Gasteiger partial charge in [-0.15, -0.1) is 12.4 Å². The summed E-state index contributed by atoms with van der Waals surface area (Å²) in [7, 11) is 0. The smallest absolute Gasteiger partial charge is 0.209 e. The Morgan fingerprint density at radius 2 is 1.96 bits per heavy atom. The van der Waals surface area contributed by atoms with E-state index < -0.39 is 0 Å². The van der Waals surface area contributed by atoms with Gasteiger partial charge in [0.15, 0.2) is 5.69 Å². The van der Waals surface area contributed by atoms with Crippen LogP contribution in [0.15, 0.2) is 59.7 Å². The Hall–Kier alpha value is -2.44. The van der Waals surface area contributed by atoms with Gasteiger partial charge in [0, 0.05) is 18.8 Å². The topological polar surface area (TPSA) is 64.7 Å². The third-order valence-corrected chi connectivity index (χ3v) is 4.36. The molecule has 2 aromatic heterocycles. The van der Waals surface area contributed by atoms with Crippen molar-refractivity contribution in [3.8, 4) is 17.1 Å². The number of hydrogen-bond donors (Lipinski definition) is 1. The molecule has 1 unspecified atom stereocenters. The van der Waals surface area contributed by atoms with Crippen molar-refractivity contribution in [1.29, 1.82) is 0 Å². The van der Waals surface area contributed by atoms with Gasteiger partial charge in [0.05, 0.1) is 23.6 Å². The molecule has 0 bridgehead atoms. The lowest BCUT2D eigenvalue weighted by Gasteiger charge is -2.24. The summed E-state index contributed by atoms with van der Waals surface area (Å²) in [5, 5.41) is 12.4. The van der Waals surface area contributed by atoms with E-state index in [-0.39, 0.29) is 23.9 Å². The van der Waals surface area contributed by atoms with Crippen molar-refractivity contribution in [3.63, 3.8) is 0 Å². The Labute approximate surface area is 151 Å². The highest BCUT2D eigenvalue weighted by atomic mass is 35.5. The van der Waals surface area contributed by atoms with E-state index >= 15 is 0 Å². The molecule has 1 N–H and O–H groups in total. The maximum Gasteiger partial charge on any atom is 0.209 e. The van der Waals surface area contributed by atoms with Gasteiger partial charge in [-0.3, -0.25) is 9.48 Å². The molecule has 0 aliphatic carbocycles. The lowest BCUT2D eigenvalue weighted by Crippen LogP contribution is -2.33. The molecule has 25 heavy (non-hydrogen) atoms. The first kappa shape index (κ1) is 17.4. The number of rotatable bonds is 3. The minimum absolute atomic E-state index is 0. The fourth-order valence-corrected chi connectivity index (χ4v) is 3.12. The van der Waals surface area contributed by atoms with Crippen LogP contribution in [-0.4, -0.2) is 32.7 Å². The predicted octanol–water partition coefficient (Wildman–Crippen LogP) is 2.44. The molecule has 1 fully saturated rings. The number of nitrogens with zero attached hydrogens (tertiary/aromatic N) is 4. The SMILES string of the molecule is Cl.O=c1ccn(C2CCCNC2)nc1-c1ccnn1-c1ccccc1. The zero-order chi connectivity index (χ0) is 16.4. The van der Waals surface area contributed by atoms with Crippen LogP contribution in [0.2, 0.25) is 0 Å². The van der Waals surface area contributed by atoms with Crippen LogP contribution in [0.1, 0.15) is 18.9 Å². The average Bonchev–Trinajstić information content (AvgIpc) is 3.13. The quantitative estimate of drug-likeness (QED) is 0.782. The van der Waals surface area contributed by atoms with Gasteiger partial charge in [0.2, 0.25) is 5.43 Å². The van der Waals surface area contributed by atoms with E-state index in [1.165, 1.54) is 0 Å². The molecule has 1 aliphatic heterocycles. The lowest BCUT2D eigenvalue weighted by molar-refractivity contribution is 0.343. The molecule has 0 saturated carbocycles. The molecular weight excluding hydrogens is 338 g/mol. The standard InChI is InChI=1S/C18H19N5O.ClH/c24-17-9-12-22(15-7-4-10-19-13-15)21-18(17)16-8-11-20-23(16)14-5-2-1-3-6-14;/h1-3,5-6,8-9,11-12,15,19H,4,7,10,13H2;1H. The number of aromatic nitrogens is 4. The molecule has 0 radical (unpaired) electrons. The van der Waals surface area contributed by atoms with Gasteiger partial charge in [-0.05, 0) is 37.6 Å². The first-order valence-corrected chi connectivity index (χ1v) is 8.23. The molecule has 0 amide bonds. The Morgan fingerprint density at radius 1 is 1.12 bits per heavy atom. The molecule has 3 aromatic rings. The molecule has 0 spiro atoms. The summed E-state index contributed by atoms with van der Waals surface area (Å²) in [5.74, 6) is 0. The highest BCUT2D eigenvalue weighted by Gasteiger charge is 2.18. The van der Waals surface area contributed by atoms with Crippen LogP contribution in [0, 0.1) is 0 Å². The summed E-state index contributed by atoms with van der Waals surface area (Å²) in [6.45, 7) is 1.93. The predicted molar refractivity (Wildman–Crippen MR) is 99.4 cm³/mol. The van der Waals surface area contributed by atoms with Crippen molar-refractivity contribution in [2.24, 2.45) is 0 Å². The van der Waals surface area contributed by atoms with Crippen LogP contribution in [0.3, 0.4) is 0 Å². The summed E-state index contributed by atoms with van der Waals surface area (Å²) in [6.07, 6.45) is 5.67. The fraction of sp³-hybridized carbons (Fsp3) is 0.278. The van der Waals surface area contributed by atoms with Gasteiger partial charge in [0.1, 0.15) is 0 Å². The van der Waals surface area contributed by atoms with Gasteiger partial charge < -0.3 is 5.32 Å². The van der Waals surface area contributed by atoms with Crippen molar-refractivity contribution in [2.75, 3.05) is 13.1 Å². The summed E-state index contributed by atoms with van der Waals surface area (Å²) >= 11 is 0. The second-order valence-electron chi connectivity index (χ2n) is 5.97. The molecule has 130 valence electrons. The second-order valence-corrected chi connectivity index (χ2v) is 5.97. The van der Waals surface area contributed by atoms with Crippen LogP contribution in [0.5, 0.6) is 0 Å². The monoisotopic (exact) mass is 357 g/mol. The molecule has 1 aromatic carbocycles. The zero-order valence-electron chi connectivity index (χ0n) is 13.7. The van der Waals surface area contributed by atoms with Gasteiger partial charge in [-0.2, -0.15) is 10.2 Å².